The highest BCUT2D eigenvalue weighted by Gasteiger charge is 2.21. The molecule has 1 fully saturated rings. The Kier molecular flexibility index (Phi) is 5.71. The van der Waals surface area contributed by atoms with Crippen molar-refractivity contribution < 1.29 is 18.3 Å². The first-order chi connectivity index (χ1) is 12.8. The molecule has 0 atom stereocenters. The number of nitrogens with zero attached hydrogens (tertiary/aromatic N) is 3. The zero-order valence-corrected chi connectivity index (χ0v) is 15.8. The van der Waals surface area contributed by atoms with E-state index >= 15 is 0 Å². The molecule has 0 saturated carbocycles. The van der Waals surface area contributed by atoms with Crippen LogP contribution in [0.15, 0.2) is 41.6 Å². The number of aromatic nitrogens is 2. The van der Waals surface area contributed by atoms with Gasteiger partial charge in [-0.05, 0) is 37.1 Å². The monoisotopic (exact) mass is 390 g/mol. The standard InChI is InChI=1S/C18H22N4O4S/c1-27(25,26)16-4-2-14(3-5-16)17-20-11-13(12-21-17)10-19-15-6-8-22(9-7-15)18(23)24/h2-5,11-12,15,19H,6-10H2,1H3,(H,23,24). The number of piperidine rings is 1. The fourth-order valence-electron chi connectivity index (χ4n) is 2.98. The molecule has 1 amide bonds. The lowest BCUT2D eigenvalue weighted by Gasteiger charge is -2.30. The molecule has 144 valence electrons. The van der Waals surface area contributed by atoms with Crippen molar-refractivity contribution in [3.8, 4) is 11.4 Å². The van der Waals surface area contributed by atoms with E-state index < -0.39 is 15.9 Å². The van der Waals surface area contributed by atoms with Crippen LogP contribution in [0.25, 0.3) is 11.4 Å². The second kappa shape index (κ2) is 8.01. The highest BCUT2D eigenvalue weighted by atomic mass is 32.2. The van der Waals surface area contributed by atoms with Crippen LogP contribution in [0.1, 0.15) is 18.4 Å². The van der Waals surface area contributed by atoms with Crippen LogP contribution in [-0.2, 0) is 16.4 Å². The summed E-state index contributed by atoms with van der Waals surface area (Å²) >= 11 is 0. The zero-order chi connectivity index (χ0) is 19.4. The summed E-state index contributed by atoms with van der Waals surface area (Å²) < 4.78 is 23.0. The number of amides is 1. The average Bonchev–Trinajstić information content (AvgIpc) is 2.66. The van der Waals surface area contributed by atoms with E-state index in [1.165, 1.54) is 11.2 Å². The Hall–Kier alpha value is -2.52. The molecule has 0 bridgehead atoms. The van der Waals surface area contributed by atoms with E-state index in [0.717, 1.165) is 24.0 Å². The first kappa shape index (κ1) is 19.2. The van der Waals surface area contributed by atoms with E-state index in [1.54, 1.807) is 36.7 Å². The number of carbonyl (C=O) groups is 1. The number of hydrogen-bond acceptors (Lipinski definition) is 6. The summed E-state index contributed by atoms with van der Waals surface area (Å²) in [4.78, 5) is 21.3. The topological polar surface area (TPSA) is 112 Å². The SMILES string of the molecule is CS(=O)(=O)c1ccc(-c2ncc(CNC3CCN(C(=O)O)CC3)cn2)cc1. The maximum atomic E-state index is 11.5. The Balaban J connectivity index is 1.55. The van der Waals surface area contributed by atoms with Crippen LogP contribution in [0.4, 0.5) is 4.79 Å². The maximum Gasteiger partial charge on any atom is 0.407 e. The van der Waals surface area contributed by atoms with Crippen molar-refractivity contribution in [2.45, 2.75) is 30.3 Å². The molecular formula is C18H22N4O4S. The van der Waals surface area contributed by atoms with E-state index in [2.05, 4.69) is 15.3 Å². The quantitative estimate of drug-likeness (QED) is 0.800. The van der Waals surface area contributed by atoms with E-state index in [1.807, 2.05) is 0 Å². The number of benzene rings is 1. The lowest BCUT2D eigenvalue weighted by molar-refractivity contribution is 0.129. The summed E-state index contributed by atoms with van der Waals surface area (Å²) in [5.74, 6) is 0.536. The van der Waals surface area contributed by atoms with Gasteiger partial charge in [0, 0.05) is 55.5 Å². The summed E-state index contributed by atoms with van der Waals surface area (Å²) in [7, 11) is -3.22. The van der Waals surface area contributed by atoms with Crippen LogP contribution in [0.3, 0.4) is 0 Å². The van der Waals surface area contributed by atoms with Gasteiger partial charge in [-0.15, -0.1) is 0 Å². The predicted octanol–water partition coefficient (Wildman–Crippen LogP) is 1.78. The third-order valence-corrected chi connectivity index (χ3v) is 5.73. The van der Waals surface area contributed by atoms with Gasteiger partial charge >= 0.3 is 6.09 Å². The molecule has 1 aromatic carbocycles. The van der Waals surface area contributed by atoms with Crippen LogP contribution in [0.5, 0.6) is 0 Å². The largest absolute Gasteiger partial charge is 0.465 e. The number of nitrogens with one attached hydrogen (secondary N) is 1. The summed E-state index contributed by atoms with van der Waals surface area (Å²) in [5.41, 5.74) is 1.69. The highest BCUT2D eigenvalue weighted by molar-refractivity contribution is 7.90. The number of sulfone groups is 1. The third-order valence-electron chi connectivity index (χ3n) is 4.61. The molecule has 1 saturated heterocycles. The predicted molar refractivity (Wildman–Crippen MR) is 100 cm³/mol. The van der Waals surface area contributed by atoms with Gasteiger partial charge in [-0.25, -0.2) is 23.2 Å². The van der Waals surface area contributed by atoms with Gasteiger partial charge in [0.05, 0.1) is 4.90 Å². The number of likely N-dealkylation sites (tertiary alicyclic amines) is 1. The van der Waals surface area contributed by atoms with Gasteiger partial charge in [0.25, 0.3) is 0 Å². The lowest BCUT2D eigenvalue weighted by Crippen LogP contribution is -2.44. The van der Waals surface area contributed by atoms with Crippen LogP contribution in [0, 0.1) is 0 Å². The molecule has 3 rings (SSSR count). The van der Waals surface area contributed by atoms with Crippen LogP contribution >= 0.6 is 0 Å². The van der Waals surface area contributed by atoms with Crippen molar-refractivity contribution in [1.29, 1.82) is 0 Å². The molecule has 27 heavy (non-hydrogen) atoms. The highest BCUT2D eigenvalue weighted by Crippen LogP contribution is 2.18. The molecule has 2 aromatic rings. The van der Waals surface area contributed by atoms with Gasteiger partial charge in [0.1, 0.15) is 0 Å². The molecule has 2 N–H and O–H groups in total. The van der Waals surface area contributed by atoms with E-state index in [4.69, 9.17) is 5.11 Å². The molecule has 0 spiro atoms. The Labute approximate surface area is 158 Å². The van der Waals surface area contributed by atoms with Gasteiger partial charge in [-0.2, -0.15) is 0 Å². The van der Waals surface area contributed by atoms with Crippen LogP contribution in [-0.4, -0.2) is 59.9 Å². The number of hydrogen-bond donors (Lipinski definition) is 2. The fraction of sp³-hybridized carbons (Fsp3) is 0.389. The van der Waals surface area contributed by atoms with E-state index in [-0.39, 0.29) is 10.9 Å². The van der Waals surface area contributed by atoms with Gasteiger partial charge in [-0.1, -0.05) is 0 Å². The minimum Gasteiger partial charge on any atom is -0.465 e. The molecule has 0 aliphatic carbocycles. The molecule has 9 heteroatoms. The molecule has 0 unspecified atom stereocenters. The third kappa shape index (κ3) is 5.01. The van der Waals surface area contributed by atoms with Crippen molar-refractivity contribution in [3.63, 3.8) is 0 Å². The summed E-state index contributed by atoms with van der Waals surface area (Å²) in [6, 6.07) is 6.77. The minimum absolute atomic E-state index is 0.265. The summed E-state index contributed by atoms with van der Waals surface area (Å²) in [6.07, 6.45) is 5.38. The number of rotatable bonds is 5. The Morgan fingerprint density at radius 1 is 1.19 bits per heavy atom. The van der Waals surface area contributed by atoms with Gasteiger partial charge in [0.15, 0.2) is 15.7 Å². The first-order valence-electron chi connectivity index (χ1n) is 8.65. The lowest BCUT2D eigenvalue weighted by atomic mass is 10.1. The minimum atomic E-state index is -3.22. The Morgan fingerprint density at radius 2 is 1.78 bits per heavy atom. The molecule has 1 aliphatic heterocycles. The van der Waals surface area contributed by atoms with Gasteiger partial charge in [0.2, 0.25) is 0 Å². The van der Waals surface area contributed by atoms with Crippen molar-refractivity contribution in [3.05, 3.63) is 42.2 Å². The molecule has 1 aliphatic rings. The first-order valence-corrected chi connectivity index (χ1v) is 10.5. The number of carboxylic acid groups (broad SMARTS) is 1. The second-order valence-electron chi connectivity index (χ2n) is 6.64. The summed E-state index contributed by atoms with van der Waals surface area (Å²) in [5, 5.41) is 12.4. The van der Waals surface area contributed by atoms with Crippen molar-refractivity contribution in [1.82, 2.24) is 20.2 Å². The molecule has 8 nitrogen and oxygen atoms in total. The molecule has 0 radical (unpaired) electrons. The summed E-state index contributed by atoms with van der Waals surface area (Å²) in [6.45, 7) is 1.71. The average molecular weight is 390 g/mol. The second-order valence-corrected chi connectivity index (χ2v) is 8.65. The fourth-order valence-corrected chi connectivity index (χ4v) is 3.61. The molecular weight excluding hydrogens is 368 g/mol. The van der Waals surface area contributed by atoms with Gasteiger partial charge < -0.3 is 15.3 Å². The zero-order valence-electron chi connectivity index (χ0n) is 15.0. The smallest absolute Gasteiger partial charge is 0.407 e. The Bertz CT molecular complexity index is 890. The van der Waals surface area contributed by atoms with Crippen molar-refractivity contribution >= 4 is 15.9 Å². The molecule has 1 aromatic heterocycles. The van der Waals surface area contributed by atoms with Crippen molar-refractivity contribution in [2.24, 2.45) is 0 Å². The van der Waals surface area contributed by atoms with Crippen LogP contribution < -0.4 is 5.32 Å². The van der Waals surface area contributed by atoms with Crippen LogP contribution in [0.2, 0.25) is 0 Å². The van der Waals surface area contributed by atoms with E-state index in [0.29, 0.717) is 25.5 Å². The van der Waals surface area contributed by atoms with Gasteiger partial charge in [-0.3, -0.25) is 0 Å². The van der Waals surface area contributed by atoms with Crippen molar-refractivity contribution in [2.75, 3.05) is 19.3 Å². The Morgan fingerprint density at radius 3 is 2.30 bits per heavy atom. The molecule has 2 heterocycles. The maximum absolute atomic E-state index is 11.5. The van der Waals surface area contributed by atoms with E-state index in [9.17, 15) is 13.2 Å². The normalized spacial score (nSPS) is 15.7.